The Bertz CT molecular complexity index is 1130. The van der Waals surface area contributed by atoms with Gasteiger partial charge >= 0.3 is 6.18 Å². The second-order valence-electron chi connectivity index (χ2n) is 6.60. The smallest absolute Gasteiger partial charge is 0.416 e. The van der Waals surface area contributed by atoms with E-state index in [2.05, 4.69) is 22.9 Å². The third-order valence-corrected chi connectivity index (χ3v) is 4.21. The molecule has 1 heterocycles. The van der Waals surface area contributed by atoms with Crippen LogP contribution in [0, 0.1) is 5.41 Å². The van der Waals surface area contributed by atoms with Gasteiger partial charge in [-0.3, -0.25) is 10.2 Å². The summed E-state index contributed by atoms with van der Waals surface area (Å²) in [5.41, 5.74) is -0.902. The fraction of sp³-hybridized carbons (Fsp3) is 0.136. The molecule has 0 radical (unpaired) electrons. The van der Waals surface area contributed by atoms with Crippen molar-refractivity contribution in [3.8, 4) is 28.9 Å². The summed E-state index contributed by atoms with van der Waals surface area (Å²) in [6.45, 7) is 1.49. The van der Waals surface area contributed by atoms with Crippen LogP contribution in [0.25, 0.3) is 0 Å². The van der Waals surface area contributed by atoms with Crippen LogP contribution < -0.4 is 19.5 Å². The molecular formula is C22H18F3N3O4S. The van der Waals surface area contributed by atoms with Crippen LogP contribution in [0.15, 0.2) is 66.9 Å². The van der Waals surface area contributed by atoms with Crippen molar-refractivity contribution in [2.45, 2.75) is 19.2 Å². The highest BCUT2D eigenvalue weighted by Gasteiger charge is 2.31. The largest absolute Gasteiger partial charge is 0.481 e. The van der Waals surface area contributed by atoms with Gasteiger partial charge in [0.2, 0.25) is 5.88 Å². The number of halogens is 3. The molecule has 1 unspecified atom stereocenters. The minimum absolute atomic E-state index is 0.0431. The number of nitrogens with zero attached hydrogens (tertiary/aromatic N) is 1. The summed E-state index contributed by atoms with van der Waals surface area (Å²) in [6, 6.07) is 13.7. The van der Waals surface area contributed by atoms with E-state index in [-0.39, 0.29) is 28.3 Å². The minimum Gasteiger partial charge on any atom is -0.481 e. The highest BCUT2D eigenvalue weighted by molar-refractivity contribution is 7.96. The van der Waals surface area contributed by atoms with E-state index < -0.39 is 23.8 Å². The average Bonchev–Trinajstić information content (AvgIpc) is 2.75. The Morgan fingerprint density at radius 2 is 1.73 bits per heavy atom. The van der Waals surface area contributed by atoms with Crippen LogP contribution in [0.3, 0.4) is 0 Å². The Labute approximate surface area is 192 Å². The molecule has 11 heteroatoms. The van der Waals surface area contributed by atoms with Crippen LogP contribution in [-0.2, 0) is 11.0 Å². The van der Waals surface area contributed by atoms with E-state index in [1.807, 2.05) is 0 Å². The number of amides is 1. The van der Waals surface area contributed by atoms with Gasteiger partial charge in [0.25, 0.3) is 5.91 Å². The lowest BCUT2D eigenvalue weighted by molar-refractivity contribution is -0.137. The lowest BCUT2D eigenvalue weighted by Crippen LogP contribution is -2.37. The first kappa shape index (κ1) is 23.9. The normalized spacial score (nSPS) is 11.9. The van der Waals surface area contributed by atoms with Crippen LogP contribution in [0.2, 0.25) is 0 Å². The summed E-state index contributed by atoms with van der Waals surface area (Å²) in [5, 5.41) is 9.03. The van der Waals surface area contributed by atoms with Gasteiger partial charge in [-0.25, -0.2) is 4.98 Å². The molecule has 172 valence electrons. The zero-order valence-corrected chi connectivity index (χ0v) is 18.0. The fourth-order valence-corrected chi connectivity index (χ4v) is 2.67. The molecule has 0 bridgehead atoms. The highest BCUT2D eigenvalue weighted by Crippen LogP contribution is 2.40. The third-order valence-electron chi connectivity index (χ3n) is 4.10. The number of benzene rings is 2. The molecule has 1 aromatic heterocycles. The molecule has 0 spiro atoms. The second kappa shape index (κ2) is 10.3. The number of pyridine rings is 1. The number of carbonyl (C=O) groups is 1. The predicted molar refractivity (Wildman–Crippen MR) is 117 cm³/mol. The maximum Gasteiger partial charge on any atom is 0.416 e. The van der Waals surface area contributed by atoms with Gasteiger partial charge in [0.15, 0.2) is 22.8 Å². The van der Waals surface area contributed by atoms with E-state index in [9.17, 15) is 18.0 Å². The topological polar surface area (TPSA) is 93.5 Å². The highest BCUT2D eigenvalue weighted by atomic mass is 32.1. The van der Waals surface area contributed by atoms with E-state index in [0.717, 1.165) is 18.2 Å². The molecule has 3 rings (SSSR count). The summed E-state index contributed by atoms with van der Waals surface area (Å²) in [6.07, 6.45) is -4.00. The first-order valence-electron chi connectivity index (χ1n) is 9.45. The van der Waals surface area contributed by atoms with Crippen molar-refractivity contribution in [3.05, 3.63) is 72.4 Å². The Balaban J connectivity index is 1.79. The van der Waals surface area contributed by atoms with Gasteiger partial charge in [0.05, 0.1) is 5.56 Å². The van der Waals surface area contributed by atoms with Crippen LogP contribution in [0.1, 0.15) is 12.5 Å². The summed E-state index contributed by atoms with van der Waals surface area (Å²) >= 11 is 3.68. The Morgan fingerprint density at radius 1 is 1.03 bits per heavy atom. The number of amidine groups is 1. The summed E-state index contributed by atoms with van der Waals surface area (Å²) in [5.74, 6) is 0.0280. The van der Waals surface area contributed by atoms with Crippen molar-refractivity contribution in [3.63, 3.8) is 0 Å². The summed E-state index contributed by atoms with van der Waals surface area (Å²) < 4.78 is 56.3. The lowest BCUT2D eigenvalue weighted by Gasteiger charge is -2.16. The van der Waals surface area contributed by atoms with Crippen LogP contribution >= 0.6 is 12.6 Å². The number of hydrogen-bond donors (Lipinski definition) is 3. The van der Waals surface area contributed by atoms with Crippen molar-refractivity contribution in [2.75, 3.05) is 0 Å². The number of hydrogen-bond acceptors (Lipinski definition) is 6. The Hall–Kier alpha value is -3.73. The van der Waals surface area contributed by atoms with Gasteiger partial charge in [-0.15, -0.1) is 12.6 Å². The molecule has 1 amide bonds. The Morgan fingerprint density at radius 3 is 2.33 bits per heavy atom. The minimum atomic E-state index is -4.57. The molecule has 7 nitrogen and oxygen atoms in total. The van der Waals surface area contributed by atoms with Crippen LogP contribution in [-0.4, -0.2) is 22.2 Å². The van der Waals surface area contributed by atoms with Crippen molar-refractivity contribution < 1.29 is 32.2 Å². The van der Waals surface area contributed by atoms with Crippen LogP contribution in [0.5, 0.6) is 28.9 Å². The van der Waals surface area contributed by atoms with Gasteiger partial charge in [-0.05, 0) is 55.5 Å². The number of aromatic nitrogens is 1. The molecule has 0 aliphatic carbocycles. The fourth-order valence-electron chi connectivity index (χ4n) is 2.56. The first-order chi connectivity index (χ1) is 15.6. The number of ether oxygens (including phenoxy) is 3. The van der Waals surface area contributed by atoms with Gasteiger partial charge in [-0.1, -0.05) is 6.07 Å². The van der Waals surface area contributed by atoms with Gasteiger partial charge in [-0.2, -0.15) is 13.2 Å². The second-order valence-corrected chi connectivity index (χ2v) is 7.05. The third kappa shape index (κ3) is 6.88. The van der Waals surface area contributed by atoms with Gasteiger partial charge < -0.3 is 19.5 Å². The number of thiol groups is 1. The van der Waals surface area contributed by atoms with Crippen molar-refractivity contribution >= 4 is 23.7 Å². The van der Waals surface area contributed by atoms with Crippen molar-refractivity contribution in [2.24, 2.45) is 0 Å². The van der Waals surface area contributed by atoms with Crippen molar-refractivity contribution in [1.29, 1.82) is 5.41 Å². The molecule has 0 saturated carbocycles. The van der Waals surface area contributed by atoms with Gasteiger partial charge in [0.1, 0.15) is 11.5 Å². The molecule has 33 heavy (non-hydrogen) atoms. The van der Waals surface area contributed by atoms with E-state index in [0.29, 0.717) is 5.75 Å². The van der Waals surface area contributed by atoms with Gasteiger partial charge in [0, 0.05) is 12.3 Å². The average molecular weight is 477 g/mol. The lowest BCUT2D eigenvalue weighted by atomic mass is 10.2. The van der Waals surface area contributed by atoms with E-state index >= 15 is 0 Å². The predicted octanol–water partition coefficient (Wildman–Crippen LogP) is 5.43. The van der Waals surface area contributed by atoms with E-state index in [1.54, 1.807) is 18.2 Å². The SMILES string of the molecule is CC(Oc1ccc(Oc2cc(C(F)(F)F)ccc2Oc2ccccn2)cc1)C(=O)NC(=N)S. The monoisotopic (exact) mass is 477 g/mol. The molecule has 2 N–H and O–H groups in total. The zero-order valence-electron chi connectivity index (χ0n) is 17.1. The molecule has 3 aromatic rings. The molecule has 0 aliphatic heterocycles. The quantitative estimate of drug-likeness (QED) is 0.240. The summed E-state index contributed by atoms with van der Waals surface area (Å²) in [4.78, 5) is 15.8. The van der Waals surface area contributed by atoms with E-state index in [1.165, 1.54) is 37.4 Å². The first-order valence-corrected chi connectivity index (χ1v) is 9.89. The number of carbonyl (C=O) groups excluding carboxylic acids is 1. The Kier molecular flexibility index (Phi) is 7.44. The zero-order chi connectivity index (χ0) is 24.0. The standard InChI is InChI=1S/C22H18F3N3O4S/c1-13(20(29)28-21(26)33)30-15-6-8-16(9-7-15)31-18-12-14(22(23,24)25)5-10-17(18)32-19-4-2-3-11-27-19/h2-13H,1H3,(H3,26,28,29,33). The molecule has 0 aliphatic rings. The number of alkyl halides is 3. The maximum atomic E-state index is 13.2. The molecule has 1 atom stereocenters. The number of nitrogens with one attached hydrogen (secondary N) is 2. The number of rotatable bonds is 7. The van der Waals surface area contributed by atoms with Crippen LogP contribution in [0.4, 0.5) is 13.2 Å². The molecule has 2 aromatic carbocycles. The molecule has 0 saturated heterocycles. The van der Waals surface area contributed by atoms with Crippen molar-refractivity contribution in [1.82, 2.24) is 10.3 Å². The molecular weight excluding hydrogens is 459 g/mol. The maximum absolute atomic E-state index is 13.2. The van der Waals surface area contributed by atoms with E-state index in [4.69, 9.17) is 19.6 Å². The molecule has 0 fully saturated rings. The summed E-state index contributed by atoms with van der Waals surface area (Å²) in [7, 11) is 0.